The molecule has 0 aromatic heterocycles. The number of quaternary nitrogens is 1. The monoisotopic (exact) mass is 292 g/mol. The van der Waals surface area contributed by atoms with Crippen LogP contribution in [0.2, 0.25) is 5.02 Å². The summed E-state index contributed by atoms with van der Waals surface area (Å²) in [5, 5.41) is 0.925. The number of fused-ring (bicyclic) bond motifs is 2. The molecule has 0 N–H and O–H groups in total. The lowest BCUT2D eigenvalue weighted by molar-refractivity contribution is -0.938. The maximum Gasteiger partial charge on any atom is 0.106 e. The molecule has 0 spiro atoms. The van der Waals surface area contributed by atoms with E-state index in [0.29, 0.717) is 10.8 Å². The van der Waals surface area contributed by atoms with Crippen molar-refractivity contribution in [1.82, 2.24) is 0 Å². The quantitative estimate of drug-likeness (QED) is 0.691. The first-order valence-electron chi connectivity index (χ1n) is 7.83. The minimum atomic E-state index is 0.478. The highest BCUT2D eigenvalue weighted by Gasteiger charge is 2.60. The van der Waals surface area contributed by atoms with E-state index in [2.05, 4.69) is 40.0 Å². The summed E-state index contributed by atoms with van der Waals surface area (Å²) in [6.45, 7) is 11.1. The van der Waals surface area contributed by atoms with Crippen LogP contribution >= 0.6 is 11.6 Å². The Labute approximate surface area is 128 Å². The first-order valence-corrected chi connectivity index (χ1v) is 8.21. The van der Waals surface area contributed by atoms with Gasteiger partial charge in [0.05, 0.1) is 20.1 Å². The lowest BCUT2D eigenvalue weighted by Crippen LogP contribution is -2.60. The van der Waals surface area contributed by atoms with Crippen molar-refractivity contribution in [3.05, 3.63) is 34.9 Å². The molecule has 3 unspecified atom stereocenters. The van der Waals surface area contributed by atoms with Crippen molar-refractivity contribution in [2.45, 2.75) is 40.2 Å². The van der Waals surface area contributed by atoms with Gasteiger partial charge in [0.2, 0.25) is 0 Å². The Kier molecular flexibility index (Phi) is 3.23. The smallest absolute Gasteiger partial charge is 0.106 e. The minimum absolute atomic E-state index is 0.478. The van der Waals surface area contributed by atoms with Crippen molar-refractivity contribution in [3.63, 3.8) is 0 Å². The van der Waals surface area contributed by atoms with Crippen LogP contribution in [0.25, 0.3) is 0 Å². The molecule has 0 radical (unpaired) electrons. The third-order valence-electron chi connectivity index (χ3n) is 6.52. The van der Waals surface area contributed by atoms with Gasteiger partial charge < -0.3 is 4.48 Å². The van der Waals surface area contributed by atoms with Crippen LogP contribution in [0.1, 0.15) is 39.2 Å². The van der Waals surface area contributed by atoms with Gasteiger partial charge in [-0.25, -0.2) is 0 Å². The second-order valence-corrected chi connectivity index (χ2v) is 8.63. The molecule has 1 aromatic rings. The molecule has 3 atom stereocenters. The molecule has 1 heterocycles. The largest absolute Gasteiger partial charge is 0.322 e. The van der Waals surface area contributed by atoms with Crippen LogP contribution in [0.5, 0.6) is 0 Å². The van der Waals surface area contributed by atoms with E-state index in [1.165, 1.54) is 31.5 Å². The number of halogens is 1. The fourth-order valence-corrected chi connectivity index (χ4v) is 5.06. The van der Waals surface area contributed by atoms with E-state index in [1.54, 1.807) is 0 Å². The Morgan fingerprint density at radius 3 is 2.60 bits per heavy atom. The third kappa shape index (κ3) is 2.10. The minimum Gasteiger partial charge on any atom is -0.322 e. The number of hydrogen-bond donors (Lipinski definition) is 0. The van der Waals surface area contributed by atoms with Crippen molar-refractivity contribution in [2.24, 2.45) is 16.7 Å². The van der Waals surface area contributed by atoms with Gasteiger partial charge in [-0.3, -0.25) is 0 Å². The van der Waals surface area contributed by atoms with E-state index in [0.717, 1.165) is 22.0 Å². The van der Waals surface area contributed by atoms with Gasteiger partial charge in [0.15, 0.2) is 0 Å². The van der Waals surface area contributed by atoms with Crippen LogP contribution in [0.3, 0.4) is 0 Å². The molecule has 1 nitrogen and oxygen atoms in total. The summed E-state index contributed by atoms with van der Waals surface area (Å²) >= 11 is 6.37. The maximum absolute atomic E-state index is 6.37. The van der Waals surface area contributed by atoms with Crippen molar-refractivity contribution in [1.29, 1.82) is 0 Å². The van der Waals surface area contributed by atoms with Gasteiger partial charge in [0, 0.05) is 21.9 Å². The summed E-state index contributed by atoms with van der Waals surface area (Å²) in [5.41, 5.74) is 2.27. The summed E-state index contributed by atoms with van der Waals surface area (Å²) in [4.78, 5) is 0. The summed E-state index contributed by atoms with van der Waals surface area (Å²) in [6, 6.07) is 8.34. The number of rotatable bonds is 2. The topological polar surface area (TPSA) is 0 Å². The van der Waals surface area contributed by atoms with E-state index < -0.39 is 0 Å². The molecule has 1 aliphatic carbocycles. The molecular weight excluding hydrogens is 266 g/mol. The van der Waals surface area contributed by atoms with E-state index >= 15 is 0 Å². The van der Waals surface area contributed by atoms with E-state index in [-0.39, 0.29) is 0 Å². The molecule has 1 aliphatic heterocycles. The number of benzene rings is 1. The Morgan fingerprint density at radius 2 is 1.95 bits per heavy atom. The van der Waals surface area contributed by atoms with Crippen LogP contribution in [0.15, 0.2) is 24.3 Å². The van der Waals surface area contributed by atoms with E-state index in [4.69, 9.17) is 11.6 Å². The first kappa shape index (κ1) is 14.4. The molecule has 2 aliphatic rings. The highest BCUT2D eigenvalue weighted by molar-refractivity contribution is 6.31. The van der Waals surface area contributed by atoms with E-state index in [1.807, 2.05) is 12.1 Å². The Morgan fingerprint density at radius 1 is 1.25 bits per heavy atom. The molecule has 2 bridgehead atoms. The van der Waals surface area contributed by atoms with E-state index in [9.17, 15) is 0 Å². The zero-order chi connectivity index (χ0) is 14.6. The first-order chi connectivity index (χ1) is 9.26. The molecule has 1 aromatic carbocycles. The summed E-state index contributed by atoms with van der Waals surface area (Å²) < 4.78 is 1.15. The summed E-state index contributed by atoms with van der Waals surface area (Å²) in [6.07, 6.45) is 2.79. The number of nitrogens with zero attached hydrogens (tertiary/aromatic N) is 1. The molecular formula is C18H27ClN+. The Bertz CT molecular complexity index is 524. The van der Waals surface area contributed by atoms with Crippen LogP contribution in [-0.2, 0) is 6.54 Å². The predicted octanol–water partition coefficient (Wildman–Crippen LogP) is 4.74. The number of likely N-dealkylation sites (tertiary alicyclic amines) is 1. The molecule has 20 heavy (non-hydrogen) atoms. The molecule has 3 rings (SSSR count). The zero-order valence-corrected chi connectivity index (χ0v) is 14.0. The van der Waals surface area contributed by atoms with Crippen LogP contribution in [0.4, 0.5) is 0 Å². The highest BCUT2D eigenvalue weighted by Crippen LogP contribution is 2.60. The average molecular weight is 293 g/mol. The Hall–Kier alpha value is -0.530. The lowest BCUT2D eigenvalue weighted by atomic mass is 9.62. The van der Waals surface area contributed by atoms with Gasteiger partial charge in [0.1, 0.15) is 6.54 Å². The molecule has 2 fully saturated rings. The third-order valence-corrected chi connectivity index (χ3v) is 6.89. The van der Waals surface area contributed by atoms with Crippen molar-refractivity contribution in [2.75, 3.05) is 20.1 Å². The van der Waals surface area contributed by atoms with Gasteiger partial charge in [0.25, 0.3) is 0 Å². The summed E-state index contributed by atoms with van der Waals surface area (Å²) in [5.74, 6) is 0.855. The zero-order valence-electron chi connectivity index (χ0n) is 13.2. The van der Waals surface area contributed by atoms with Gasteiger partial charge in [-0.05, 0) is 24.3 Å². The van der Waals surface area contributed by atoms with Crippen LogP contribution in [-0.4, -0.2) is 24.6 Å². The fraction of sp³-hybridized carbons (Fsp3) is 0.667. The second-order valence-electron chi connectivity index (χ2n) is 8.23. The molecule has 1 saturated heterocycles. The van der Waals surface area contributed by atoms with Gasteiger partial charge in [-0.2, -0.15) is 0 Å². The Balaban J connectivity index is 1.87. The lowest BCUT2D eigenvalue weighted by Gasteiger charge is -2.54. The van der Waals surface area contributed by atoms with Crippen LogP contribution in [0, 0.1) is 16.7 Å². The second kappa shape index (κ2) is 4.48. The normalized spacial score (nSPS) is 39.0. The van der Waals surface area contributed by atoms with Crippen molar-refractivity contribution < 1.29 is 4.48 Å². The van der Waals surface area contributed by atoms with Gasteiger partial charge >= 0.3 is 0 Å². The van der Waals surface area contributed by atoms with Gasteiger partial charge in [-0.1, -0.05) is 50.6 Å². The van der Waals surface area contributed by atoms with Gasteiger partial charge in [-0.15, -0.1) is 0 Å². The maximum atomic E-state index is 6.37. The highest BCUT2D eigenvalue weighted by atomic mass is 35.5. The van der Waals surface area contributed by atoms with Crippen LogP contribution < -0.4 is 0 Å². The number of hydrogen-bond acceptors (Lipinski definition) is 0. The van der Waals surface area contributed by atoms with Crippen molar-refractivity contribution >= 4 is 11.6 Å². The molecule has 0 amide bonds. The SMILES string of the molecule is CC12CCC(C[N+](C)(Cc3ccccc3Cl)C1)C2(C)C. The predicted molar refractivity (Wildman–Crippen MR) is 85.7 cm³/mol. The van der Waals surface area contributed by atoms with Crippen molar-refractivity contribution in [3.8, 4) is 0 Å². The molecule has 2 heteroatoms. The number of piperidine rings is 1. The summed E-state index contributed by atoms with van der Waals surface area (Å²) in [7, 11) is 2.43. The average Bonchev–Trinajstić information content (AvgIpc) is 2.49. The standard InChI is InChI=1S/C18H27ClN/c1-17(2)15-9-10-18(17,3)13-20(4,12-15)11-14-7-5-6-8-16(14)19/h5-8,15H,9-13H2,1-4H3/q+1. The molecule has 1 saturated carbocycles. The fourth-order valence-electron chi connectivity index (χ4n) is 4.87. The molecule has 110 valence electrons.